The molecule has 0 aliphatic heterocycles. The molecule has 6 heteroatoms. The van der Waals surface area contributed by atoms with Crippen LogP contribution in [0.1, 0.15) is 27.2 Å². The van der Waals surface area contributed by atoms with E-state index >= 15 is 0 Å². The van der Waals surface area contributed by atoms with Gasteiger partial charge in [0.1, 0.15) is 6.61 Å². The van der Waals surface area contributed by atoms with Crippen molar-refractivity contribution in [2.45, 2.75) is 27.2 Å². The number of hydrogen-bond donors (Lipinski definition) is 1. The molecule has 0 bridgehead atoms. The van der Waals surface area contributed by atoms with E-state index in [4.69, 9.17) is 24.7 Å². The van der Waals surface area contributed by atoms with E-state index in [2.05, 4.69) is 0 Å². The summed E-state index contributed by atoms with van der Waals surface area (Å²) in [6.07, 6.45) is 0.817. The number of Topliss-reactive ketones (excluding diaryl/α,β-unsaturated/α-hetero) is 1. The van der Waals surface area contributed by atoms with Crippen molar-refractivity contribution in [3.8, 4) is 0 Å². The Hall–Kier alpha value is -0.530. The Balaban J connectivity index is 3.25. The molecule has 0 aromatic carbocycles. The van der Waals surface area contributed by atoms with Crippen molar-refractivity contribution in [2.24, 2.45) is 11.1 Å². The lowest BCUT2D eigenvalue weighted by molar-refractivity contribution is -0.132. The van der Waals surface area contributed by atoms with Gasteiger partial charge in [-0.1, -0.05) is 20.8 Å². The van der Waals surface area contributed by atoms with Gasteiger partial charge in [0.15, 0.2) is 5.78 Å². The summed E-state index contributed by atoms with van der Waals surface area (Å²) in [4.78, 5) is 11.8. The molecule has 0 aromatic rings. The summed E-state index contributed by atoms with van der Waals surface area (Å²) < 4.78 is 21.1. The van der Waals surface area contributed by atoms with Crippen molar-refractivity contribution < 1.29 is 23.7 Å². The maximum atomic E-state index is 11.8. The summed E-state index contributed by atoms with van der Waals surface area (Å²) in [5.74, 6) is 0.130. The average molecular weight is 305 g/mol. The third kappa shape index (κ3) is 11.8. The molecule has 0 aliphatic rings. The van der Waals surface area contributed by atoms with Crippen molar-refractivity contribution in [1.82, 2.24) is 0 Å². The first-order valence-electron chi connectivity index (χ1n) is 7.59. The molecule has 0 spiro atoms. The molecule has 0 radical (unpaired) electrons. The Kier molecular flexibility index (Phi) is 12.8. The predicted octanol–water partition coefficient (Wildman–Crippen LogP) is 1.02. The smallest absolute Gasteiger partial charge is 0.164 e. The van der Waals surface area contributed by atoms with Crippen LogP contribution in [-0.2, 0) is 23.7 Å². The van der Waals surface area contributed by atoms with E-state index in [-0.39, 0.29) is 17.8 Å². The van der Waals surface area contributed by atoms with Crippen LogP contribution in [0, 0.1) is 5.41 Å². The minimum Gasteiger partial charge on any atom is -0.378 e. The van der Waals surface area contributed by atoms with E-state index < -0.39 is 0 Å². The fourth-order valence-corrected chi connectivity index (χ4v) is 1.30. The van der Waals surface area contributed by atoms with Gasteiger partial charge in [-0.05, 0) is 6.42 Å². The molecule has 0 unspecified atom stereocenters. The topological polar surface area (TPSA) is 80.0 Å². The molecule has 0 saturated carbocycles. The number of ketones is 1. The summed E-state index contributed by atoms with van der Waals surface area (Å²) in [5.41, 5.74) is 4.98. The molecule has 0 aliphatic carbocycles. The van der Waals surface area contributed by atoms with Crippen LogP contribution >= 0.6 is 0 Å². The number of rotatable bonds is 15. The van der Waals surface area contributed by atoms with Gasteiger partial charge in [-0.25, -0.2) is 0 Å². The molecule has 21 heavy (non-hydrogen) atoms. The van der Waals surface area contributed by atoms with Crippen LogP contribution in [0.4, 0.5) is 0 Å². The van der Waals surface area contributed by atoms with E-state index in [9.17, 15) is 4.79 Å². The number of carbonyl (C=O) groups is 1. The molecule has 126 valence electrons. The van der Waals surface area contributed by atoms with Gasteiger partial charge < -0.3 is 24.7 Å². The first-order valence-corrected chi connectivity index (χ1v) is 7.59. The second-order valence-electron chi connectivity index (χ2n) is 5.34. The Labute approximate surface area is 128 Å². The van der Waals surface area contributed by atoms with Gasteiger partial charge in [0.25, 0.3) is 0 Å². The van der Waals surface area contributed by atoms with Gasteiger partial charge in [-0.15, -0.1) is 0 Å². The molecular weight excluding hydrogens is 274 g/mol. The highest BCUT2D eigenvalue weighted by Crippen LogP contribution is 2.20. The second-order valence-corrected chi connectivity index (χ2v) is 5.34. The average Bonchev–Trinajstić information content (AvgIpc) is 2.48. The van der Waals surface area contributed by atoms with Gasteiger partial charge in [0.2, 0.25) is 0 Å². The minimum absolute atomic E-state index is 0.130. The van der Waals surface area contributed by atoms with Crippen molar-refractivity contribution in [2.75, 3.05) is 59.4 Å². The third-order valence-electron chi connectivity index (χ3n) is 3.25. The Morgan fingerprint density at radius 2 is 1.29 bits per heavy atom. The summed E-state index contributed by atoms with van der Waals surface area (Å²) in [7, 11) is 0. The largest absolute Gasteiger partial charge is 0.378 e. The molecule has 0 rings (SSSR count). The highest BCUT2D eigenvalue weighted by Gasteiger charge is 2.24. The molecule has 0 heterocycles. The Morgan fingerprint density at radius 1 is 0.857 bits per heavy atom. The molecule has 0 aromatic heterocycles. The fraction of sp³-hybridized carbons (Fsp3) is 0.933. The third-order valence-corrected chi connectivity index (χ3v) is 3.25. The molecule has 0 saturated heterocycles. The lowest BCUT2D eigenvalue weighted by Crippen LogP contribution is -2.28. The van der Waals surface area contributed by atoms with E-state index in [1.54, 1.807) is 0 Å². The molecule has 0 amide bonds. The zero-order chi connectivity index (χ0) is 16.0. The molecule has 0 fully saturated rings. The highest BCUT2D eigenvalue weighted by molar-refractivity contribution is 5.85. The Morgan fingerprint density at radius 3 is 1.71 bits per heavy atom. The normalized spacial score (nSPS) is 11.8. The maximum Gasteiger partial charge on any atom is 0.164 e. The zero-order valence-corrected chi connectivity index (χ0v) is 13.7. The van der Waals surface area contributed by atoms with Crippen molar-refractivity contribution in [3.63, 3.8) is 0 Å². The predicted molar refractivity (Wildman–Crippen MR) is 81.4 cm³/mol. The lowest BCUT2D eigenvalue weighted by Gasteiger charge is -2.20. The summed E-state index contributed by atoms with van der Waals surface area (Å²) >= 11 is 0. The van der Waals surface area contributed by atoms with Crippen LogP contribution in [0.5, 0.6) is 0 Å². The maximum absolute atomic E-state index is 11.8. The van der Waals surface area contributed by atoms with Crippen LogP contribution in [-0.4, -0.2) is 65.2 Å². The number of ether oxygens (including phenoxy) is 4. The first kappa shape index (κ1) is 20.5. The zero-order valence-electron chi connectivity index (χ0n) is 13.7. The van der Waals surface area contributed by atoms with Gasteiger partial charge in [-0.3, -0.25) is 4.79 Å². The lowest BCUT2D eigenvalue weighted by atomic mass is 9.86. The quantitative estimate of drug-likeness (QED) is 0.455. The van der Waals surface area contributed by atoms with E-state index in [1.165, 1.54) is 0 Å². The van der Waals surface area contributed by atoms with Crippen molar-refractivity contribution >= 4 is 5.78 Å². The first-order chi connectivity index (χ1) is 10.0. The number of hydrogen-bond acceptors (Lipinski definition) is 6. The fourth-order valence-electron chi connectivity index (χ4n) is 1.30. The monoisotopic (exact) mass is 305 g/mol. The molecule has 2 N–H and O–H groups in total. The van der Waals surface area contributed by atoms with Gasteiger partial charge in [-0.2, -0.15) is 0 Å². The van der Waals surface area contributed by atoms with Crippen molar-refractivity contribution in [3.05, 3.63) is 0 Å². The molecule has 6 nitrogen and oxygen atoms in total. The van der Waals surface area contributed by atoms with Crippen LogP contribution < -0.4 is 5.73 Å². The van der Waals surface area contributed by atoms with Gasteiger partial charge in [0.05, 0.1) is 46.2 Å². The van der Waals surface area contributed by atoms with Crippen molar-refractivity contribution in [1.29, 1.82) is 0 Å². The van der Waals surface area contributed by atoms with Gasteiger partial charge >= 0.3 is 0 Å². The Bertz CT molecular complexity index is 258. The SMILES string of the molecule is CCC(C)(C)C(=O)COCCOCCOCCOCCN. The summed E-state index contributed by atoms with van der Waals surface area (Å²) in [6.45, 7) is 10.1. The highest BCUT2D eigenvalue weighted by atomic mass is 16.6. The standard InChI is InChI=1S/C15H31NO5/c1-4-15(2,3)14(17)13-21-12-11-20-10-9-19-8-7-18-6-5-16/h4-13,16H2,1-3H3. The number of nitrogens with two attached hydrogens (primary N) is 1. The number of carbonyl (C=O) groups excluding carboxylic acids is 1. The van der Waals surface area contributed by atoms with E-state index in [1.807, 2.05) is 20.8 Å². The van der Waals surface area contributed by atoms with E-state index in [0.29, 0.717) is 52.8 Å². The second kappa shape index (κ2) is 13.2. The minimum atomic E-state index is -0.305. The van der Waals surface area contributed by atoms with E-state index in [0.717, 1.165) is 6.42 Å². The summed E-state index contributed by atoms with van der Waals surface area (Å²) in [6, 6.07) is 0. The molecular formula is C15H31NO5. The van der Waals surface area contributed by atoms with Crippen LogP contribution in [0.2, 0.25) is 0 Å². The summed E-state index contributed by atoms with van der Waals surface area (Å²) in [5, 5.41) is 0. The van der Waals surface area contributed by atoms with Crippen LogP contribution in [0.15, 0.2) is 0 Å². The molecule has 0 atom stereocenters. The van der Waals surface area contributed by atoms with Crippen LogP contribution in [0.25, 0.3) is 0 Å². The van der Waals surface area contributed by atoms with Crippen LogP contribution in [0.3, 0.4) is 0 Å². The van der Waals surface area contributed by atoms with Gasteiger partial charge in [0, 0.05) is 12.0 Å².